The van der Waals surface area contributed by atoms with Gasteiger partial charge in [-0.05, 0) is 43.4 Å². The van der Waals surface area contributed by atoms with Gasteiger partial charge in [0.2, 0.25) is 0 Å². The topological polar surface area (TPSA) is 43.0 Å². The number of aromatic nitrogens is 2. The molecule has 1 unspecified atom stereocenters. The van der Waals surface area contributed by atoms with E-state index in [0.717, 1.165) is 24.8 Å². The number of hydrogen-bond acceptors (Lipinski definition) is 3. The largest absolute Gasteiger partial charge is 0.359 e. The maximum absolute atomic E-state index is 5.15. The van der Waals surface area contributed by atoms with Crippen molar-refractivity contribution in [1.82, 2.24) is 15.0 Å². The molecule has 1 aliphatic rings. The lowest BCUT2D eigenvalue weighted by Gasteiger charge is -2.16. The monoisotopic (exact) mass is 259 g/mol. The Bertz CT molecular complexity index is 499. The quantitative estimate of drug-likeness (QED) is 0.831. The SMILES string of the molecule is CCCNC(c1ccn(Cc2ccno2)c1)C1CC1. The highest BCUT2D eigenvalue weighted by molar-refractivity contribution is 5.19. The summed E-state index contributed by atoms with van der Waals surface area (Å²) >= 11 is 0. The summed E-state index contributed by atoms with van der Waals surface area (Å²) in [5.74, 6) is 1.72. The summed E-state index contributed by atoms with van der Waals surface area (Å²) in [6.07, 6.45) is 9.94. The highest BCUT2D eigenvalue weighted by Gasteiger charge is 2.32. The van der Waals surface area contributed by atoms with E-state index in [1.165, 1.54) is 24.8 Å². The predicted molar refractivity (Wildman–Crippen MR) is 73.8 cm³/mol. The van der Waals surface area contributed by atoms with E-state index in [1.54, 1.807) is 6.20 Å². The third-order valence-electron chi connectivity index (χ3n) is 3.67. The number of nitrogens with zero attached hydrogens (tertiary/aromatic N) is 2. The van der Waals surface area contributed by atoms with Crippen LogP contribution in [0.5, 0.6) is 0 Å². The van der Waals surface area contributed by atoms with Crippen molar-refractivity contribution in [3.05, 3.63) is 42.0 Å². The first-order valence-electron chi connectivity index (χ1n) is 7.15. The summed E-state index contributed by atoms with van der Waals surface area (Å²) in [5.41, 5.74) is 1.40. The molecule has 0 bridgehead atoms. The van der Waals surface area contributed by atoms with Crippen LogP contribution < -0.4 is 5.32 Å². The Morgan fingerprint density at radius 3 is 3.05 bits per heavy atom. The second-order valence-electron chi connectivity index (χ2n) is 5.37. The first kappa shape index (κ1) is 12.5. The lowest BCUT2D eigenvalue weighted by atomic mass is 10.1. The van der Waals surface area contributed by atoms with Gasteiger partial charge in [-0.25, -0.2) is 0 Å². The van der Waals surface area contributed by atoms with Crippen LogP contribution in [-0.2, 0) is 6.54 Å². The van der Waals surface area contributed by atoms with E-state index >= 15 is 0 Å². The zero-order valence-electron chi connectivity index (χ0n) is 11.4. The number of hydrogen-bond donors (Lipinski definition) is 1. The van der Waals surface area contributed by atoms with Gasteiger partial charge in [-0.3, -0.25) is 0 Å². The average molecular weight is 259 g/mol. The van der Waals surface area contributed by atoms with Gasteiger partial charge in [0.25, 0.3) is 0 Å². The number of rotatable bonds is 7. The molecule has 0 aliphatic heterocycles. The summed E-state index contributed by atoms with van der Waals surface area (Å²) < 4.78 is 7.31. The van der Waals surface area contributed by atoms with E-state index in [-0.39, 0.29) is 0 Å². The van der Waals surface area contributed by atoms with Gasteiger partial charge in [0.1, 0.15) is 0 Å². The minimum absolute atomic E-state index is 0.524. The molecule has 19 heavy (non-hydrogen) atoms. The normalized spacial score (nSPS) is 16.7. The first-order chi connectivity index (χ1) is 9.36. The molecule has 1 fully saturated rings. The van der Waals surface area contributed by atoms with E-state index in [4.69, 9.17) is 4.52 Å². The van der Waals surface area contributed by atoms with Crippen molar-refractivity contribution in [3.63, 3.8) is 0 Å². The van der Waals surface area contributed by atoms with Crippen molar-refractivity contribution in [3.8, 4) is 0 Å². The van der Waals surface area contributed by atoms with Crippen LogP contribution >= 0.6 is 0 Å². The molecule has 0 saturated heterocycles. The van der Waals surface area contributed by atoms with Gasteiger partial charge in [0.05, 0.1) is 12.7 Å². The molecule has 0 amide bonds. The maximum atomic E-state index is 5.15. The van der Waals surface area contributed by atoms with Crippen molar-refractivity contribution in [2.24, 2.45) is 5.92 Å². The Balaban J connectivity index is 1.68. The highest BCUT2D eigenvalue weighted by Crippen LogP contribution is 2.41. The molecule has 1 N–H and O–H groups in total. The van der Waals surface area contributed by atoms with E-state index < -0.39 is 0 Å². The highest BCUT2D eigenvalue weighted by atomic mass is 16.5. The molecule has 1 atom stereocenters. The average Bonchev–Trinajstić information content (AvgIpc) is 2.93. The minimum atomic E-state index is 0.524. The lowest BCUT2D eigenvalue weighted by molar-refractivity contribution is 0.376. The second-order valence-corrected chi connectivity index (χ2v) is 5.37. The van der Waals surface area contributed by atoms with Crippen molar-refractivity contribution in [2.75, 3.05) is 6.54 Å². The molecule has 0 radical (unpaired) electrons. The zero-order chi connectivity index (χ0) is 13.1. The summed E-state index contributed by atoms with van der Waals surface area (Å²) in [7, 11) is 0. The number of nitrogens with one attached hydrogen (secondary N) is 1. The van der Waals surface area contributed by atoms with E-state index in [1.807, 2.05) is 6.07 Å². The molecule has 3 rings (SSSR count). The van der Waals surface area contributed by atoms with Crippen molar-refractivity contribution >= 4 is 0 Å². The Morgan fingerprint density at radius 2 is 2.37 bits per heavy atom. The van der Waals surface area contributed by atoms with Gasteiger partial charge in [0.15, 0.2) is 5.76 Å². The molecule has 4 nitrogen and oxygen atoms in total. The van der Waals surface area contributed by atoms with E-state index in [0.29, 0.717) is 6.04 Å². The van der Waals surface area contributed by atoms with Gasteiger partial charge in [-0.1, -0.05) is 12.1 Å². The minimum Gasteiger partial charge on any atom is -0.359 e. The predicted octanol–water partition coefficient (Wildman–Crippen LogP) is 2.98. The standard InChI is InChI=1S/C15H21N3O/c1-2-7-16-15(12-3-4-12)13-6-9-18(10-13)11-14-5-8-17-19-14/h5-6,8-10,12,15-16H,2-4,7,11H2,1H3. The summed E-state index contributed by atoms with van der Waals surface area (Å²) in [6.45, 7) is 4.06. The fourth-order valence-electron chi connectivity index (χ4n) is 2.53. The van der Waals surface area contributed by atoms with Crippen LogP contribution in [0.2, 0.25) is 0 Å². The van der Waals surface area contributed by atoms with Crippen LogP contribution in [0.25, 0.3) is 0 Å². The van der Waals surface area contributed by atoms with Crippen molar-refractivity contribution in [1.29, 1.82) is 0 Å². The maximum Gasteiger partial charge on any atom is 0.156 e. The lowest BCUT2D eigenvalue weighted by Crippen LogP contribution is -2.23. The molecule has 0 spiro atoms. The third-order valence-corrected chi connectivity index (χ3v) is 3.67. The third kappa shape index (κ3) is 3.07. The fourth-order valence-corrected chi connectivity index (χ4v) is 2.53. The molecule has 4 heteroatoms. The second kappa shape index (κ2) is 5.61. The van der Waals surface area contributed by atoms with Crippen molar-refractivity contribution in [2.45, 2.75) is 38.8 Å². The van der Waals surface area contributed by atoms with Crippen LogP contribution in [0.15, 0.2) is 35.2 Å². The molecule has 2 heterocycles. The smallest absolute Gasteiger partial charge is 0.156 e. The molecule has 2 aromatic heterocycles. The van der Waals surface area contributed by atoms with Gasteiger partial charge in [-0.15, -0.1) is 0 Å². The Kier molecular flexibility index (Phi) is 3.69. The van der Waals surface area contributed by atoms with E-state index in [9.17, 15) is 0 Å². The molecular weight excluding hydrogens is 238 g/mol. The van der Waals surface area contributed by atoms with Gasteiger partial charge >= 0.3 is 0 Å². The Hall–Kier alpha value is -1.55. The van der Waals surface area contributed by atoms with Crippen LogP contribution in [-0.4, -0.2) is 16.3 Å². The molecule has 0 aromatic carbocycles. The Morgan fingerprint density at radius 1 is 1.47 bits per heavy atom. The van der Waals surface area contributed by atoms with Gasteiger partial charge < -0.3 is 14.4 Å². The molecular formula is C15H21N3O. The molecule has 1 aliphatic carbocycles. The summed E-state index contributed by atoms with van der Waals surface area (Å²) in [6, 6.07) is 4.66. The van der Waals surface area contributed by atoms with Crippen LogP contribution in [0.3, 0.4) is 0 Å². The van der Waals surface area contributed by atoms with Crippen molar-refractivity contribution < 1.29 is 4.52 Å². The molecule has 1 saturated carbocycles. The first-order valence-corrected chi connectivity index (χ1v) is 7.15. The van der Waals surface area contributed by atoms with Gasteiger partial charge in [0, 0.05) is 24.5 Å². The molecule has 102 valence electrons. The zero-order valence-corrected chi connectivity index (χ0v) is 11.4. The van der Waals surface area contributed by atoms with Crippen LogP contribution in [0.4, 0.5) is 0 Å². The Labute approximate surface area is 113 Å². The molecule has 2 aromatic rings. The fraction of sp³-hybridized carbons (Fsp3) is 0.533. The summed E-state index contributed by atoms with van der Waals surface area (Å²) in [5, 5.41) is 7.41. The van der Waals surface area contributed by atoms with Crippen LogP contribution in [0.1, 0.15) is 43.6 Å². The van der Waals surface area contributed by atoms with Crippen LogP contribution in [0, 0.1) is 5.92 Å². The van der Waals surface area contributed by atoms with Gasteiger partial charge in [-0.2, -0.15) is 0 Å². The van der Waals surface area contributed by atoms with E-state index in [2.05, 4.69) is 40.4 Å². The summed E-state index contributed by atoms with van der Waals surface area (Å²) in [4.78, 5) is 0.